The van der Waals surface area contributed by atoms with Crippen molar-refractivity contribution < 1.29 is 9.59 Å². The standard InChI is InChI=1S/C11H16N2O2S/c1-4-5-8(14)13-11-9(10(12)15)6(2)7(3)16-11/h4-5H2,1-3H3,(H2,12,15)(H,13,14). The molecule has 2 amide bonds. The topological polar surface area (TPSA) is 72.2 Å². The van der Waals surface area contributed by atoms with Crippen LogP contribution < -0.4 is 11.1 Å². The second-order valence-corrected chi connectivity index (χ2v) is 4.87. The highest BCUT2D eigenvalue weighted by molar-refractivity contribution is 7.16. The molecule has 1 aromatic heterocycles. The highest BCUT2D eigenvalue weighted by Crippen LogP contribution is 2.32. The van der Waals surface area contributed by atoms with Crippen LogP contribution in [0.3, 0.4) is 0 Å². The van der Waals surface area contributed by atoms with Crippen molar-refractivity contribution in [3.8, 4) is 0 Å². The van der Waals surface area contributed by atoms with E-state index in [1.54, 1.807) is 0 Å². The van der Waals surface area contributed by atoms with E-state index in [1.807, 2.05) is 20.8 Å². The van der Waals surface area contributed by atoms with E-state index in [-0.39, 0.29) is 5.91 Å². The van der Waals surface area contributed by atoms with E-state index < -0.39 is 5.91 Å². The number of rotatable bonds is 4. The minimum absolute atomic E-state index is 0.0775. The van der Waals surface area contributed by atoms with Crippen molar-refractivity contribution in [1.29, 1.82) is 0 Å². The first-order chi connectivity index (χ1) is 7.47. The number of aryl methyl sites for hydroxylation is 1. The maximum atomic E-state index is 11.5. The molecule has 0 saturated carbocycles. The van der Waals surface area contributed by atoms with E-state index in [2.05, 4.69) is 5.32 Å². The number of carbonyl (C=O) groups excluding carboxylic acids is 2. The molecule has 1 rings (SSSR count). The summed E-state index contributed by atoms with van der Waals surface area (Å²) in [5.74, 6) is -0.570. The van der Waals surface area contributed by atoms with Crippen molar-refractivity contribution in [1.82, 2.24) is 0 Å². The molecule has 0 fully saturated rings. The van der Waals surface area contributed by atoms with Gasteiger partial charge >= 0.3 is 0 Å². The molecule has 0 aliphatic heterocycles. The lowest BCUT2D eigenvalue weighted by molar-refractivity contribution is -0.116. The Morgan fingerprint density at radius 2 is 2.00 bits per heavy atom. The first kappa shape index (κ1) is 12.7. The van der Waals surface area contributed by atoms with E-state index in [4.69, 9.17) is 5.73 Å². The predicted octanol–water partition coefficient (Wildman–Crippen LogP) is 2.20. The molecule has 0 unspecified atom stereocenters. The van der Waals surface area contributed by atoms with Crippen molar-refractivity contribution in [2.45, 2.75) is 33.6 Å². The summed E-state index contributed by atoms with van der Waals surface area (Å²) in [4.78, 5) is 23.7. The van der Waals surface area contributed by atoms with Crippen molar-refractivity contribution in [3.05, 3.63) is 16.0 Å². The SMILES string of the molecule is CCCC(=O)Nc1sc(C)c(C)c1C(N)=O. The molecular formula is C11H16N2O2S. The Balaban J connectivity index is 3.00. The van der Waals surface area contributed by atoms with Crippen LogP contribution in [0.5, 0.6) is 0 Å². The minimum Gasteiger partial charge on any atom is -0.365 e. The average Bonchev–Trinajstić information content (AvgIpc) is 2.42. The number of anilines is 1. The molecule has 0 saturated heterocycles. The molecule has 0 aromatic carbocycles. The van der Waals surface area contributed by atoms with Crippen molar-refractivity contribution in [3.63, 3.8) is 0 Å². The summed E-state index contributed by atoms with van der Waals surface area (Å²) in [5.41, 5.74) is 6.58. The van der Waals surface area contributed by atoms with E-state index in [0.717, 1.165) is 16.9 Å². The molecule has 1 heterocycles. The molecule has 0 bridgehead atoms. The Morgan fingerprint density at radius 1 is 1.38 bits per heavy atom. The lowest BCUT2D eigenvalue weighted by atomic mass is 10.1. The Kier molecular flexibility index (Phi) is 4.06. The molecule has 0 atom stereocenters. The molecule has 4 nitrogen and oxygen atoms in total. The van der Waals surface area contributed by atoms with Crippen LogP contribution in [0.4, 0.5) is 5.00 Å². The number of hydrogen-bond acceptors (Lipinski definition) is 3. The zero-order chi connectivity index (χ0) is 12.3. The van der Waals surface area contributed by atoms with Crippen LogP contribution in [0, 0.1) is 13.8 Å². The molecule has 88 valence electrons. The lowest BCUT2D eigenvalue weighted by Crippen LogP contribution is -2.17. The quantitative estimate of drug-likeness (QED) is 0.846. The third kappa shape index (κ3) is 2.61. The van der Waals surface area contributed by atoms with Gasteiger partial charge in [0.1, 0.15) is 5.00 Å². The van der Waals surface area contributed by atoms with Gasteiger partial charge in [0.05, 0.1) is 5.56 Å². The van der Waals surface area contributed by atoms with Crippen molar-refractivity contribution in [2.75, 3.05) is 5.32 Å². The smallest absolute Gasteiger partial charge is 0.251 e. The van der Waals surface area contributed by atoms with Gasteiger partial charge < -0.3 is 11.1 Å². The minimum atomic E-state index is -0.492. The van der Waals surface area contributed by atoms with E-state index in [0.29, 0.717) is 17.0 Å². The molecule has 1 aromatic rings. The summed E-state index contributed by atoms with van der Waals surface area (Å²) in [6.07, 6.45) is 1.23. The van der Waals surface area contributed by atoms with Crippen LogP contribution in [0.2, 0.25) is 0 Å². The third-order valence-corrected chi connectivity index (χ3v) is 3.48. The van der Waals surface area contributed by atoms with Crippen molar-refractivity contribution in [2.24, 2.45) is 5.73 Å². The monoisotopic (exact) mass is 240 g/mol. The molecule has 16 heavy (non-hydrogen) atoms. The fourth-order valence-electron chi connectivity index (χ4n) is 1.43. The second-order valence-electron chi connectivity index (χ2n) is 3.65. The Hall–Kier alpha value is -1.36. The number of carbonyl (C=O) groups is 2. The highest BCUT2D eigenvalue weighted by Gasteiger charge is 2.18. The van der Waals surface area contributed by atoms with Crippen LogP contribution in [0.15, 0.2) is 0 Å². The summed E-state index contributed by atoms with van der Waals surface area (Å²) in [5, 5.41) is 3.30. The fourth-order valence-corrected chi connectivity index (χ4v) is 2.51. The predicted molar refractivity (Wildman–Crippen MR) is 65.8 cm³/mol. The third-order valence-electron chi connectivity index (χ3n) is 2.36. The van der Waals surface area contributed by atoms with Crippen LogP contribution in [0.25, 0.3) is 0 Å². The number of hydrogen-bond donors (Lipinski definition) is 2. The first-order valence-electron chi connectivity index (χ1n) is 5.17. The van der Waals surface area contributed by atoms with Crippen LogP contribution in [0.1, 0.15) is 40.6 Å². The summed E-state index contributed by atoms with van der Waals surface area (Å²) in [6, 6.07) is 0. The molecule has 0 aliphatic carbocycles. The van der Waals surface area contributed by atoms with Gasteiger partial charge in [0.2, 0.25) is 5.91 Å². The number of nitrogens with two attached hydrogens (primary N) is 1. The van der Waals surface area contributed by atoms with Gasteiger partial charge in [0.25, 0.3) is 5.91 Å². The van der Waals surface area contributed by atoms with Gasteiger partial charge in [-0.15, -0.1) is 11.3 Å². The van der Waals surface area contributed by atoms with Gasteiger partial charge in [-0.1, -0.05) is 6.92 Å². The molecule has 0 aliphatic rings. The highest BCUT2D eigenvalue weighted by atomic mass is 32.1. The summed E-state index contributed by atoms with van der Waals surface area (Å²) >= 11 is 1.39. The Bertz CT molecular complexity index is 424. The van der Waals surface area contributed by atoms with E-state index >= 15 is 0 Å². The first-order valence-corrected chi connectivity index (χ1v) is 5.98. The van der Waals surface area contributed by atoms with Gasteiger partial charge in [-0.25, -0.2) is 0 Å². The van der Waals surface area contributed by atoms with Gasteiger partial charge in [-0.05, 0) is 25.8 Å². The summed E-state index contributed by atoms with van der Waals surface area (Å²) < 4.78 is 0. The molecule has 5 heteroatoms. The van der Waals surface area contributed by atoms with Crippen LogP contribution in [-0.4, -0.2) is 11.8 Å². The lowest BCUT2D eigenvalue weighted by Gasteiger charge is -2.03. The number of nitrogens with one attached hydrogen (secondary N) is 1. The van der Waals surface area contributed by atoms with Crippen LogP contribution >= 0.6 is 11.3 Å². The van der Waals surface area contributed by atoms with Gasteiger partial charge in [0.15, 0.2) is 0 Å². The maximum absolute atomic E-state index is 11.5. The maximum Gasteiger partial charge on any atom is 0.251 e. The zero-order valence-corrected chi connectivity index (χ0v) is 10.5. The largest absolute Gasteiger partial charge is 0.365 e. The van der Waals surface area contributed by atoms with Crippen molar-refractivity contribution >= 4 is 28.2 Å². The summed E-state index contributed by atoms with van der Waals surface area (Å²) in [7, 11) is 0. The number of primary amides is 1. The average molecular weight is 240 g/mol. The van der Waals surface area contributed by atoms with E-state index in [9.17, 15) is 9.59 Å². The summed E-state index contributed by atoms with van der Waals surface area (Å²) in [6.45, 7) is 5.67. The molecular weight excluding hydrogens is 224 g/mol. The number of amides is 2. The van der Waals surface area contributed by atoms with Gasteiger partial charge in [-0.3, -0.25) is 9.59 Å². The molecule has 3 N–H and O–H groups in total. The number of thiophene rings is 1. The Labute approximate surface area is 98.8 Å². The van der Waals surface area contributed by atoms with E-state index in [1.165, 1.54) is 11.3 Å². The van der Waals surface area contributed by atoms with Gasteiger partial charge in [-0.2, -0.15) is 0 Å². The Morgan fingerprint density at radius 3 is 2.50 bits per heavy atom. The van der Waals surface area contributed by atoms with Gasteiger partial charge in [0, 0.05) is 11.3 Å². The molecule has 0 spiro atoms. The molecule has 0 radical (unpaired) electrons. The van der Waals surface area contributed by atoms with Crippen LogP contribution in [-0.2, 0) is 4.79 Å². The normalized spacial score (nSPS) is 10.2. The second kappa shape index (κ2) is 5.12. The fraction of sp³-hybridized carbons (Fsp3) is 0.455. The zero-order valence-electron chi connectivity index (χ0n) is 9.72.